The van der Waals surface area contributed by atoms with Crippen LogP contribution in [-0.4, -0.2) is 5.71 Å². The zero-order valence-corrected chi connectivity index (χ0v) is 42.6. The summed E-state index contributed by atoms with van der Waals surface area (Å²) in [5.41, 5.74) is 29.8. The summed E-state index contributed by atoms with van der Waals surface area (Å²) in [5.74, 6) is 0. The number of rotatable bonds is 8. The van der Waals surface area contributed by atoms with Crippen LogP contribution in [0, 0.1) is 13.8 Å². The maximum Gasteiger partial charge on any atom is 0.0746 e. The first-order valence-corrected chi connectivity index (χ1v) is 26.7. The topological polar surface area (TPSA) is 12.4 Å². The third-order valence-electron chi connectivity index (χ3n) is 15.4. The quantitative estimate of drug-likeness (QED) is 0.135. The molecule has 2 heteroatoms. The lowest BCUT2D eigenvalue weighted by Gasteiger charge is -2.20. The normalized spacial score (nSPS) is 15.2. The Morgan fingerprint density at radius 1 is 0.514 bits per heavy atom. The molecule has 7 aromatic carbocycles. The summed E-state index contributed by atoms with van der Waals surface area (Å²) in [6, 6.07) is 53.0. The molecule has 0 spiro atoms. The maximum atomic E-state index is 5.56. The fraction of sp³-hybridized carbons (Fsp3) is 0.221. The third-order valence-corrected chi connectivity index (χ3v) is 16.7. The Kier molecular flexibility index (Phi) is 12.7. The van der Waals surface area contributed by atoms with Crippen molar-refractivity contribution in [2.75, 3.05) is 0 Å². The van der Waals surface area contributed by atoms with Crippen LogP contribution in [-0.2, 0) is 12.8 Å². The van der Waals surface area contributed by atoms with Gasteiger partial charge in [-0.15, -0.1) is 11.3 Å². The Bertz CT molecular complexity index is 3470. The van der Waals surface area contributed by atoms with E-state index in [1.54, 1.807) is 16.7 Å². The number of fused-ring (bicyclic) bond motifs is 5. The molecule has 0 N–H and O–H groups in total. The van der Waals surface area contributed by atoms with Gasteiger partial charge in [0.2, 0.25) is 0 Å². The SMILES string of the molecule is CC.CC(=Nc1c(-c2ccc(-c3ccc4sc5c(c4c3)C=CCC5)cc2)ccc(-c2ccc(-c3ccc(C)c(C4=C(C)CCCC4)c3)cc2)c1C)c1ccc(-c2ccc3c(c2)C2=C(CCC=C2)C3)cc1. The van der Waals surface area contributed by atoms with Gasteiger partial charge in [-0.1, -0.05) is 165 Å². The molecule has 0 unspecified atom stereocenters. The second-order valence-corrected chi connectivity index (χ2v) is 20.8. The summed E-state index contributed by atoms with van der Waals surface area (Å²) >= 11 is 1.95. The Morgan fingerprint density at radius 3 is 1.84 bits per heavy atom. The first-order valence-electron chi connectivity index (χ1n) is 25.9. The number of aliphatic imine (C=N–C) groups is 1. The highest BCUT2D eigenvalue weighted by molar-refractivity contribution is 7.19. The van der Waals surface area contributed by atoms with Gasteiger partial charge in [0.1, 0.15) is 0 Å². The molecule has 0 fully saturated rings. The van der Waals surface area contributed by atoms with Crippen LogP contribution in [0.4, 0.5) is 5.69 Å². The highest BCUT2D eigenvalue weighted by Gasteiger charge is 2.22. The number of benzene rings is 7. The van der Waals surface area contributed by atoms with Crippen LogP contribution in [0.25, 0.3) is 82.9 Å². The molecular formula is C68H63NS. The molecule has 4 aliphatic carbocycles. The zero-order chi connectivity index (χ0) is 47.9. The van der Waals surface area contributed by atoms with Gasteiger partial charge >= 0.3 is 0 Å². The summed E-state index contributed by atoms with van der Waals surface area (Å²) in [7, 11) is 0. The van der Waals surface area contributed by atoms with Gasteiger partial charge in [0.05, 0.1) is 5.69 Å². The standard InChI is InChI=1S/C66H57NS.C2H6/c1-41-11-5-7-13-56(41)61-38-51(18-17-42(61)2)47-23-27-49(28-24-47)57-34-35-59(50-29-25-48(26-30-50)53-33-36-65-63(40-53)60-15-9-10-16-64(60)68-65)66(43(57)3)67-44(4)45-19-21-46(22-20-45)52-31-32-55-37-54-12-6-8-14-58(54)62(55)39-52;1-2/h8-9,14-15,17-36,38-40H,5-7,10-13,16,37H2,1-4H3;1-2H3. The van der Waals surface area contributed by atoms with Gasteiger partial charge in [-0.2, -0.15) is 0 Å². The summed E-state index contributed by atoms with van der Waals surface area (Å²) < 4.78 is 1.38. The molecule has 0 bridgehead atoms. The monoisotopic (exact) mass is 925 g/mol. The van der Waals surface area contributed by atoms with Crippen molar-refractivity contribution in [3.8, 4) is 55.6 Å². The predicted octanol–water partition coefficient (Wildman–Crippen LogP) is 20.0. The van der Waals surface area contributed by atoms with Crippen molar-refractivity contribution in [2.24, 2.45) is 4.99 Å². The van der Waals surface area contributed by atoms with Crippen LogP contribution in [0.5, 0.6) is 0 Å². The predicted molar refractivity (Wildman–Crippen MR) is 306 cm³/mol. The van der Waals surface area contributed by atoms with E-state index in [9.17, 15) is 0 Å². The van der Waals surface area contributed by atoms with Crippen molar-refractivity contribution < 1.29 is 0 Å². The molecule has 0 amide bonds. The molecular weight excluding hydrogens is 863 g/mol. The van der Waals surface area contributed by atoms with Gasteiger partial charge in [-0.05, 0) is 210 Å². The lowest BCUT2D eigenvalue weighted by Crippen LogP contribution is -1.99. The van der Waals surface area contributed by atoms with Crippen LogP contribution in [0.3, 0.4) is 0 Å². The Hall–Kier alpha value is -6.87. The van der Waals surface area contributed by atoms with Crippen molar-refractivity contribution in [1.29, 1.82) is 0 Å². The van der Waals surface area contributed by atoms with Crippen molar-refractivity contribution in [2.45, 2.75) is 99.3 Å². The molecule has 70 heavy (non-hydrogen) atoms. The van der Waals surface area contributed by atoms with E-state index in [0.717, 1.165) is 48.2 Å². The van der Waals surface area contributed by atoms with E-state index in [4.69, 9.17) is 4.99 Å². The second kappa shape index (κ2) is 19.5. The van der Waals surface area contributed by atoms with E-state index in [1.807, 2.05) is 25.2 Å². The van der Waals surface area contributed by atoms with Gasteiger partial charge in [0, 0.05) is 26.2 Å². The van der Waals surface area contributed by atoms with Crippen LogP contribution in [0.2, 0.25) is 0 Å². The maximum absolute atomic E-state index is 5.56. The molecule has 12 rings (SSSR count). The van der Waals surface area contributed by atoms with E-state index in [-0.39, 0.29) is 0 Å². The van der Waals surface area contributed by atoms with Crippen molar-refractivity contribution in [3.63, 3.8) is 0 Å². The van der Waals surface area contributed by atoms with E-state index in [0.29, 0.717) is 0 Å². The smallest absolute Gasteiger partial charge is 0.0746 e. The summed E-state index contributed by atoms with van der Waals surface area (Å²) in [5, 5.41) is 1.37. The number of aryl methyl sites for hydroxylation is 2. The number of thiophene rings is 1. The Morgan fingerprint density at radius 2 is 1.10 bits per heavy atom. The first-order chi connectivity index (χ1) is 34.3. The number of hydrogen-bond donors (Lipinski definition) is 0. The van der Waals surface area contributed by atoms with Gasteiger partial charge in [-0.3, -0.25) is 4.99 Å². The van der Waals surface area contributed by atoms with Gasteiger partial charge < -0.3 is 0 Å². The van der Waals surface area contributed by atoms with Crippen LogP contribution in [0.1, 0.15) is 116 Å². The highest BCUT2D eigenvalue weighted by atomic mass is 32.1. The Labute approximate surface area is 420 Å². The first kappa shape index (κ1) is 45.6. The van der Waals surface area contributed by atoms with Gasteiger partial charge in [0.15, 0.2) is 0 Å². The van der Waals surface area contributed by atoms with Crippen molar-refractivity contribution in [3.05, 3.63) is 213 Å². The molecule has 1 aromatic heterocycles. The minimum Gasteiger partial charge on any atom is -0.252 e. The van der Waals surface area contributed by atoms with E-state index < -0.39 is 0 Å². The van der Waals surface area contributed by atoms with Crippen LogP contribution in [0.15, 0.2) is 174 Å². The lowest BCUT2D eigenvalue weighted by atomic mass is 9.85. The molecule has 0 saturated heterocycles. The number of hydrogen-bond acceptors (Lipinski definition) is 2. The second-order valence-electron chi connectivity index (χ2n) is 19.7. The summed E-state index contributed by atoms with van der Waals surface area (Å²) in [4.78, 5) is 7.08. The van der Waals surface area contributed by atoms with Gasteiger partial charge in [0.25, 0.3) is 0 Å². The van der Waals surface area contributed by atoms with E-state index in [2.05, 4.69) is 192 Å². The molecule has 0 radical (unpaired) electrons. The van der Waals surface area contributed by atoms with Crippen molar-refractivity contribution in [1.82, 2.24) is 0 Å². The van der Waals surface area contributed by atoms with Crippen molar-refractivity contribution >= 4 is 50.0 Å². The van der Waals surface area contributed by atoms with Crippen LogP contribution < -0.4 is 0 Å². The van der Waals surface area contributed by atoms with Gasteiger partial charge in [-0.25, -0.2) is 0 Å². The third kappa shape index (κ3) is 8.62. The molecule has 1 nitrogen and oxygen atoms in total. The van der Waals surface area contributed by atoms with E-state index in [1.165, 1.54) is 136 Å². The molecule has 0 atom stereocenters. The molecule has 8 aromatic rings. The number of allylic oxidation sites excluding steroid dienone is 7. The fourth-order valence-corrected chi connectivity index (χ4v) is 12.6. The molecule has 4 aliphatic rings. The number of nitrogens with zero attached hydrogens (tertiary/aromatic N) is 1. The average molecular weight is 926 g/mol. The lowest BCUT2D eigenvalue weighted by molar-refractivity contribution is 0.714. The molecule has 0 saturated carbocycles. The zero-order valence-electron chi connectivity index (χ0n) is 41.8. The molecule has 346 valence electrons. The minimum atomic E-state index is 1.00. The molecule has 0 aliphatic heterocycles. The van der Waals surface area contributed by atoms with E-state index >= 15 is 0 Å². The largest absolute Gasteiger partial charge is 0.252 e. The highest BCUT2D eigenvalue weighted by Crippen LogP contribution is 2.44. The summed E-state index contributed by atoms with van der Waals surface area (Å²) in [6.45, 7) is 13.0. The minimum absolute atomic E-state index is 1.00. The fourth-order valence-electron chi connectivity index (χ4n) is 11.5. The summed E-state index contributed by atoms with van der Waals surface area (Å²) in [6.07, 6.45) is 20.0. The average Bonchev–Trinajstić information content (AvgIpc) is 3.98. The molecule has 1 heterocycles. The Balaban J connectivity index is 0.00000263. The van der Waals surface area contributed by atoms with Crippen LogP contribution >= 0.6 is 11.3 Å².